The molecule has 6 heteroatoms. The Balaban J connectivity index is 1.12. The van der Waals surface area contributed by atoms with E-state index in [9.17, 15) is 14.0 Å². The van der Waals surface area contributed by atoms with Crippen LogP contribution >= 0.6 is 0 Å². The van der Waals surface area contributed by atoms with E-state index < -0.39 is 0 Å². The molecule has 0 saturated carbocycles. The average molecular weight is 413 g/mol. The molecule has 5 nitrogen and oxygen atoms in total. The largest absolute Gasteiger partial charge is 0.469 e. The number of benzene rings is 1. The minimum Gasteiger partial charge on any atom is -0.469 e. The summed E-state index contributed by atoms with van der Waals surface area (Å²) < 4.78 is 18.4. The van der Waals surface area contributed by atoms with Crippen molar-refractivity contribution in [1.29, 1.82) is 0 Å². The van der Waals surface area contributed by atoms with Crippen molar-refractivity contribution < 1.29 is 18.4 Å². The zero-order valence-electron chi connectivity index (χ0n) is 17.3. The summed E-state index contributed by atoms with van der Waals surface area (Å²) in [5.41, 5.74) is 1.36. The molecule has 1 saturated heterocycles. The normalized spacial score (nSPS) is 20.3. The fourth-order valence-corrected chi connectivity index (χ4v) is 4.54. The number of halogens is 1. The van der Waals surface area contributed by atoms with E-state index in [1.807, 2.05) is 0 Å². The maximum Gasteiger partial charge on any atom is 0.166 e. The van der Waals surface area contributed by atoms with Gasteiger partial charge in [0.2, 0.25) is 0 Å². The monoisotopic (exact) mass is 412 g/mol. The molecule has 4 rings (SSSR count). The summed E-state index contributed by atoms with van der Waals surface area (Å²) in [4.78, 5) is 29.3. The molecule has 0 spiro atoms. The Bertz CT molecular complexity index is 869. The third-order valence-corrected chi connectivity index (χ3v) is 6.27. The van der Waals surface area contributed by atoms with Crippen molar-refractivity contribution in [2.45, 2.75) is 32.1 Å². The van der Waals surface area contributed by atoms with Gasteiger partial charge in [-0.05, 0) is 55.6 Å². The number of fused-ring (bicyclic) bond motifs is 1. The van der Waals surface area contributed by atoms with Crippen LogP contribution < -0.4 is 0 Å². The Morgan fingerprint density at radius 1 is 1.00 bits per heavy atom. The van der Waals surface area contributed by atoms with Gasteiger partial charge in [0.1, 0.15) is 11.6 Å². The first-order chi connectivity index (χ1) is 14.6. The fourth-order valence-electron chi connectivity index (χ4n) is 4.54. The standard InChI is InChI=1S/C24H29FN2O3/c25-20-6-4-19(5-7-20)22(28)3-1-2-9-26-10-12-27(13-11-26)17-18-15-23(29)21-8-14-30-24(21)16-18/h4-8,14,18H,1-3,9-13,15-17H2. The van der Waals surface area contributed by atoms with E-state index in [4.69, 9.17) is 4.42 Å². The number of Topliss-reactive ketones (excluding diaryl/α,β-unsaturated/α-hetero) is 2. The van der Waals surface area contributed by atoms with Crippen molar-refractivity contribution in [3.8, 4) is 0 Å². The van der Waals surface area contributed by atoms with Crippen LogP contribution in [-0.4, -0.2) is 60.6 Å². The summed E-state index contributed by atoms with van der Waals surface area (Å²) in [5.74, 6) is 1.18. The van der Waals surface area contributed by atoms with Gasteiger partial charge in [-0.1, -0.05) is 0 Å². The van der Waals surface area contributed by atoms with Crippen LogP contribution in [0.2, 0.25) is 0 Å². The van der Waals surface area contributed by atoms with E-state index >= 15 is 0 Å². The molecule has 1 atom stereocenters. The lowest BCUT2D eigenvalue weighted by molar-refractivity contribution is 0.0874. The summed E-state index contributed by atoms with van der Waals surface area (Å²) >= 11 is 0. The van der Waals surface area contributed by atoms with Crippen LogP contribution in [0.5, 0.6) is 0 Å². The number of hydrogen-bond donors (Lipinski definition) is 0. The number of hydrogen-bond acceptors (Lipinski definition) is 5. The zero-order chi connectivity index (χ0) is 20.9. The van der Waals surface area contributed by atoms with Crippen LogP contribution in [0.25, 0.3) is 0 Å². The summed E-state index contributed by atoms with van der Waals surface area (Å²) in [7, 11) is 0. The number of ketones is 2. The molecule has 0 N–H and O–H groups in total. The first kappa shape index (κ1) is 20.9. The molecule has 0 bridgehead atoms. The van der Waals surface area contributed by atoms with Crippen LogP contribution in [0, 0.1) is 11.7 Å². The molecule has 160 valence electrons. The van der Waals surface area contributed by atoms with Gasteiger partial charge in [-0.25, -0.2) is 4.39 Å². The number of furan rings is 1. The molecule has 30 heavy (non-hydrogen) atoms. The Morgan fingerprint density at radius 3 is 2.50 bits per heavy atom. The molecule has 1 aromatic carbocycles. The highest BCUT2D eigenvalue weighted by atomic mass is 19.1. The van der Waals surface area contributed by atoms with E-state index in [2.05, 4.69) is 9.80 Å². The maximum atomic E-state index is 12.9. The Kier molecular flexibility index (Phi) is 6.75. The highest BCUT2D eigenvalue weighted by Gasteiger charge is 2.29. The van der Waals surface area contributed by atoms with Gasteiger partial charge in [-0.15, -0.1) is 0 Å². The number of rotatable bonds is 8. The molecule has 0 radical (unpaired) electrons. The van der Waals surface area contributed by atoms with Gasteiger partial charge >= 0.3 is 0 Å². The Hall–Kier alpha value is -2.31. The highest BCUT2D eigenvalue weighted by molar-refractivity contribution is 5.98. The third-order valence-electron chi connectivity index (χ3n) is 6.27. The molecular formula is C24H29FN2O3. The van der Waals surface area contributed by atoms with Crippen LogP contribution in [0.15, 0.2) is 41.0 Å². The number of carbonyl (C=O) groups is 2. The lowest BCUT2D eigenvalue weighted by atomic mass is 9.87. The predicted octanol–water partition coefficient (Wildman–Crippen LogP) is 3.83. The maximum absolute atomic E-state index is 12.9. The van der Waals surface area contributed by atoms with Gasteiger partial charge in [-0.2, -0.15) is 0 Å². The van der Waals surface area contributed by atoms with E-state index in [-0.39, 0.29) is 17.4 Å². The van der Waals surface area contributed by atoms with Crippen molar-refractivity contribution in [2.75, 3.05) is 39.3 Å². The molecule has 2 aromatic rings. The number of piperazine rings is 1. The highest BCUT2D eigenvalue weighted by Crippen LogP contribution is 2.27. The minimum absolute atomic E-state index is 0.0848. The van der Waals surface area contributed by atoms with Crippen LogP contribution in [0.1, 0.15) is 52.2 Å². The summed E-state index contributed by atoms with van der Waals surface area (Å²) in [6, 6.07) is 7.58. The van der Waals surface area contributed by atoms with Crippen molar-refractivity contribution in [2.24, 2.45) is 5.92 Å². The summed E-state index contributed by atoms with van der Waals surface area (Å²) in [6.07, 6.45) is 5.45. The van der Waals surface area contributed by atoms with Gasteiger partial charge < -0.3 is 14.2 Å². The molecule has 0 amide bonds. The van der Waals surface area contributed by atoms with E-state index in [1.165, 1.54) is 12.1 Å². The lowest BCUT2D eigenvalue weighted by Gasteiger charge is -2.36. The van der Waals surface area contributed by atoms with Crippen LogP contribution in [0.3, 0.4) is 0 Å². The Morgan fingerprint density at radius 2 is 1.73 bits per heavy atom. The van der Waals surface area contributed by atoms with Crippen molar-refractivity contribution in [1.82, 2.24) is 9.80 Å². The fraction of sp³-hybridized carbons (Fsp3) is 0.500. The lowest BCUT2D eigenvalue weighted by Crippen LogP contribution is -2.48. The molecule has 1 aliphatic heterocycles. The first-order valence-corrected chi connectivity index (χ1v) is 10.9. The SMILES string of the molecule is O=C(CCCCN1CCN(CC2CC(=O)c3ccoc3C2)CC1)c1ccc(F)cc1. The first-order valence-electron chi connectivity index (χ1n) is 10.9. The smallest absolute Gasteiger partial charge is 0.166 e. The van der Waals surface area contributed by atoms with Crippen molar-refractivity contribution in [3.05, 3.63) is 59.3 Å². The number of unbranched alkanes of at least 4 members (excludes halogenated alkanes) is 1. The van der Waals surface area contributed by atoms with Crippen LogP contribution in [-0.2, 0) is 6.42 Å². The molecular weight excluding hydrogens is 383 g/mol. The summed E-state index contributed by atoms with van der Waals surface area (Å²) in [5, 5.41) is 0. The molecule has 2 aliphatic rings. The van der Waals surface area contributed by atoms with Crippen molar-refractivity contribution >= 4 is 11.6 Å². The topological polar surface area (TPSA) is 53.8 Å². The number of nitrogens with zero attached hydrogens (tertiary/aromatic N) is 2. The quantitative estimate of drug-likeness (QED) is 0.487. The molecule has 1 fully saturated rings. The minimum atomic E-state index is -0.313. The van der Waals surface area contributed by atoms with E-state index in [1.54, 1.807) is 24.5 Å². The predicted molar refractivity (Wildman–Crippen MR) is 112 cm³/mol. The number of carbonyl (C=O) groups excluding carboxylic acids is 2. The van der Waals surface area contributed by atoms with Gasteiger partial charge in [-0.3, -0.25) is 9.59 Å². The second-order valence-corrected chi connectivity index (χ2v) is 8.48. The molecule has 2 heterocycles. The average Bonchev–Trinajstić information content (AvgIpc) is 3.22. The second kappa shape index (κ2) is 9.67. The van der Waals surface area contributed by atoms with Gasteiger partial charge in [0.25, 0.3) is 0 Å². The second-order valence-electron chi connectivity index (χ2n) is 8.48. The van der Waals surface area contributed by atoms with Crippen molar-refractivity contribution in [3.63, 3.8) is 0 Å². The molecule has 1 aromatic heterocycles. The van der Waals surface area contributed by atoms with E-state index in [0.717, 1.165) is 69.9 Å². The molecule has 1 aliphatic carbocycles. The third kappa shape index (κ3) is 5.24. The molecule has 1 unspecified atom stereocenters. The van der Waals surface area contributed by atoms with Gasteiger partial charge in [0, 0.05) is 57.5 Å². The Labute approximate surface area is 176 Å². The van der Waals surface area contributed by atoms with Gasteiger partial charge in [0.05, 0.1) is 11.8 Å². The zero-order valence-corrected chi connectivity index (χ0v) is 17.3. The van der Waals surface area contributed by atoms with Gasteiger partial charge in [0.15, 0.2) is 11.6 Å². The van der Waals surface area contributed by atoms with Crippen LogP contribution in [0.4, 0.5) is 4.39 Å². The summed E-state index contributed by atoms with van der Waals surface area (Å²) in [6.45, 7) is 6.04. The van der Waals surface area contributed by atoms with E-state index in [0.29, 0.717) is 24.3 Å².